The van der Waals surface area contributed by atoms with Crippen molar-refractivity contribution < 1.29 is 18.7 Å². The SMILES string of the molecule is COc1ccc(Nc2c3c(c4ccoc4c2Nc2ccc(OC)cc2)C(=O)CCC3)cc1. The molecule has 0 amide bonds. The number of hydrogen-bond acceptors (Lipinski definition) is 6. The minimum atomic E-state index is 0.159. The minimum absolute atomic E-state index is 0.159. The number of rotatable bonds is 6. The first-order chi connectivity index (χ1) is 15.7. The third-order valence-corrected chi connectivity index (χ3v) is 5.84. The maximum Gasteiger partial charge on any atom is 0.163 e. The molecule has 1 aromatic heterocycles. The topological polar surface area (TPSA) is 72.7 Å². The summed E-state index contributed by atoms with van der Waals surface area (Å²) in [5.74, 6) is 1.73. The second-order valence-corrected chi connectivity index (χ2v) is 7.75. The van der Waals surface area contributed by atoms with Gasteiger partial charge in [-0.2, -0.15) is 0 Å². The highest BCUT2D eigenvalue weighted by molar-refractivity contribution is 6.15. The number of nitrogens with one attached hydrogen (secondary N) is 2. The van der Waals surface area contributed by atoms with Crippen LogP contribution in [0.15, 0.2) is 65.3 Å². The number of methoxy groups -OCH3 is 2. The van der Waals surface area contributed by atoms with Crippen molar-refractivity contribution in [2.75, 3.05) is 24.9 Å². The van der Waals surface area contributed by atoms with Gasteiger partial charge in [-0.1, -0.05) is 0 Å². The molecule has 1 aliphatic carbocycles. The maximum absolute atomic E-state index is 12.9. The Labute approximate surface area is 186 Å². The zero-order valence-corrected chi connectivity index (χ0v) is 18.0. The summed E-state index contributed by atoms with van der Waals surface area (Å²) >= 11 is 0. The number of Topliss-reactive ketones (excluding diaryl/α,β-unsaturated/α-hetero) is 1. The number of fused-ring (bicyclic) bond motifs is 3. The maximum atomic E-state index is 12.9. The number of ketones is 1. The van der Waals surface area contributed by atoms with Crippen molar-refractivity contribution in [3.8, 4) is 11.5 Å². The van der Waals surface area contributed by atoms with E-state index in [1.165, 1.54) is 0 Å². The molecule has 1 aliphatic rings. The molecule has 0 saturated carbocycles. The first-order valence-corrected chi connectivity index (χ1v) is 10.6. The van der Waals surface area contributed by atoms with Gasteiger partial charge in [0.2, 0.25) is 0 Å². The number of ether oxygens (including phenoxy) is 2. The summed E-state index contributed by atoms with van der Waals surface area (Å²) in [6.45, 7) is 0. The fraction of sp³-hybridized carbons (Fsp3) is 0.192. The molecule has 0 atom stereocenters. The van der Waals surface area contributed by atoms with Crippen LogP contribution in [0.5, 0.6) is 11.5 Å². The Bertz CT molecular complexity index is 1270. The van der Waals surface area contributed by atoms with Crippen molar-refractivity contribution in [1.29, 1.82) is 0 Å². The van der Waals surface area contributed by atoms with Gasteiger partial charge in [0.15, 0.2) is 11.4 Å². The number of anilines is 4. The molecule has 6 heteroatoms. The summed E-state index contributed by atoms with van der Waals surface area (Å²) in [7, 11) is 3.29. The number of carbonyl (C=O) groups is 1. The largest absolute Gasteiger partial charge is 0.497 e. The predicted octanol–water partition coefficient (Wildman–Crippen LogP) is 6.46. The molecule has 4 aromatic rings. The molecule has 0 radical (unpaired) electrons. The average molecular weight is 428 g/mol. The van der Waals surface area contributed by atoms with Gasteiger partial charge in [0.1, 0.15) is 17.2 Å². The molecule has 0 spiro atoms. The van der Waals surface area contributed by atoms with Crippen molar-refractivity contribution in [1.82, 2.24) is 0 Å². The Morgan fingerprint density at radius 1 is 0.781 bits per heavy atom. The van der Waals surface area contributed by atoms with Gasteiger partial charge in [-0.05, 0) is 73.0 Å². The van der Waals surface area contributed by atoms with E-state index in [1.54, 1.807) is 20.5 Å². The lowest BCUT2D eigenvalue weighted by Crippen LogP contribution is -2.15. The van der Waals surface area contributed by atoms with E-state index in [9.17, 15) is 4.79 Å². The number of benzene rings is 3. The monoisotopic (exact) mass is 428 g/mol. The highest BCUT2D eigenvalue weighted by Crippen LogP contribution is 2.44. The highest BCUT2D eigenvalue weighted by Gasteiger charge is 2.28. The molecule has 0 aliphatic heterocycles. The van der Waals surface area contributed by atoms with Gasteiger partial charge in [-0.25, -0.2) is 0 Å². The quantitative estimate of drug-likeness (QED) is 0.344. The molecule has 0 bridgehead atoms. The lowest BCUT2D eigenvalue weighted by Gasteiger charge is -2.24. The van der Waals surface area contributed by atoms with E-state index in [4.69, 9.17) is 13.9 Å². The van der Waals surface area contributed by atoms with Gasteiger partial charge in [0, 0.05) is 28.7 Å². The van der Waals surface area contributed by atoms with Gasteiger partial charge in [0.25, 0.3) is 0 Å². The van der Waals surface area contributed by atoms with Crippen molar-refractivity contribution in [3.05, 3.63) is 72.0 Å². The summed E-state index contributed by atoms with van der Waals surface area (Å²) in [4.78, 5) is 12.9. The van der Waals surface area contributed by atoms with Crippen molar-refractivity contribution in [2.24, 2.45) is 0 Å². The van der Waals surface area contributed by atoms with Crippen LogP contribution in [0.25, 0.3) is 11.0 Å². The molecule has 162 valence electrons. The van der Waals surface area contributed by atoms with Crippen LogP contribution >= 0.6 is 0 Å². The van der Waals surface area contributed by atoms with E-state index in [-0.39, 0.29) is 5.78 Å². The van der Waals surface area contributed by atoms with Crippen LogP contribution < -0.4 is 20.1 Å². The van der Waals surface area contributed by atoms with E-state index in [2.05, 4.69) is 10.6 Å². The second-order valence-electron chi connectivity index (χ2n) is 7.75. The Morgan fingerprint density at radius 2 is 1.38 bits per heavy atom. The molecule has 0 unspecified atom stereocenters. The molecule has 6 nitrogen and oxygen atoms in total. The molecule has 5 rings (SSSR count). The summed E-state index contributed by atoms with van der Waals surface area (Å²) in [6, 6.07) is 17.3. The summed E-state index contributed by atoms with van der Waals surface area (Å²) < 4.78 is 16.5. The Balaban J connectivity index is 1.67. The third-order valence-electron chi connectivity index (χ3n) is 5.84. The average Bonchev–Trinajstić information content (AvgIpc) is 3.31. The number of hydrogen-bond donors (Lipinski definition) is 2. The smallest absolute Gasteiger partial charge is 0.163 e. The van der Waals surface area contributed by atoms with Crippen LogP contribution in [-0.4, -0.2) is 20.0 Å². The lowest BCUT2D eigenvalue weighted by atomic mass is 9.86. The summed E-state index contributed by atoms with van der Waals surface area (Å²) in [5, 5.41) is 7.90. The van der Waals surface area contributed by atoms with Crippen LogP contribution in [0.2, 0.25) is 0 Å². The van der Waals surface area contributed by atoms with Gasteiger partial charge < -0.3 is 24.5 Å². The molecule has 2 N–H and O–H groups in total. The molecule has 32 heavy (non-hydrogen) atoms. The predicted molar refractivity (Wildman–Crippen MR) is 126 cm³/mol. The molecular formula is C26H24N2O4. The first-order valence-electron chi connectivity index (χ1n) is 10.6. The lowest BCUT2D eigenvalue weighted by molar-refractivity contribution is 0.0974. The Hall–Kier alpha value is -3.93. The van der Waals surface area contributed by atoms with Gasteiger partial charge in [0.05, 0.1) is 26.2 Å². The van der Waals surface area contributed by atoms with E-state index in [0.717, 1.165) is 63.6 Å². The number of furan rings is 1. The second kappa shape index (κ2) is 8.30. The Morgan fingerprint density at radius 3 is 1.97 bits per heavy atom. The zero-order chi connectivity index (χ0) is 22.1. The van der Waals surface area contributed by atoms with Crippen molar-refractivity contribution in [3.63, 3.8) is 0 Å². The van der Waals surface area contributed by atoms with E-state index in [1.807, 2.05) is 54.6 Å². The summed E-state index contributed by atoms with van der Waals surface area (Å²) in [6.07, 6.45) is 3.84. The first kappa shape index (κ1) is 20.0. The van der Waals surface area contributed by atoms with E-state index < -0.39 is 0 Å². The molecular weight excluding hydrogens is 404 g/mol. The van der Waals surface area contributed by atoms with Crippen molar-refractivity contribution >= 4 is 39.5 Å². The normalized spacial score (nSPS) is 13.0. The van der Waals surface area contributed by atoms with Gasteiger partial charge >= 0.3 is 0 Å². The van der Waals surface area contributed by atoms with Crippen molar-refractivity contribution in [2.45, 2.75) is 19.3 Å². The van der Waals surface area contributed by atoms with E-state index >= 15 is 0 Å². The molecule has 1 heterocycles. The molecule has 3 aromatic carbocycles. The molecule has 0 saturated heterocycles. The van der Waals surface area contributed by atoms with Crippen LogP contribution in [0, 0.1) is 0 Å². The van der Waals surface area contributed by atoms with Crippen LogP contribution in [0.1, 0.15) is 28.8 Å². The van der Waals surface area contributed by atoms with Crippen LogP contribution in [0.4, 0.5) is 22.7 Å². The highest BCUT2D eigenvalue weighted by atomic mass is 16.5. The number of carbonyl (C=O) groups excluding carboxylic acids is 1. The van der Waals surface area contributed by atoms with Gasteiger partial charge in [-0.15, -0.1) is 0 Å². The summed E-state index contributed by atoms with van der Waals surface area (Å²) in [5.41, 5.74) is 5.89. The zero-order valence-electron chi connectivity index (χ0n) is 18.0. The molecule has 0 fully saturated rings. The minimum Gasteiger partial charge on any atom is -0.497 e. The van der Waals surface area contributed by atoms with Gasteiger partial charge in [-0.3, -0.25) is 4.79 Å². The Kier molecular flexibility index (Phi) is 5.19. The van der Waals surface area contributed by atoms with Crippen LogP contribution in [-0.2, 0) is 6.42 Å². The fourth-order valence-electron chi connectivity index (χ4n) is 4.27. The standard InChI is InChI=1S/C26H24N2O4/c1-30-18-10-6-16(7-11-18)27-24-20-4-3-5-22(29)23(20)21-14-15-32-26(21)25(24)28-17-8-12-19(31-2)13-9-17/h6-15,27-28H,3-5H2,1-2H3. The fourth-order valence-corrected chi connectivity index (χ4v) is 4.27. The van der Waals surface area contributed by atoms with E-state index in [0.29, 0.717) is 12.0 Å². The van der Waals surface area contributed by atoms with Crippen LogP contribution in [0.3, 0.4) is 0 Å². The third kappa shape index (κ3) is 3.54.